The fraction of sp³-hybridized carbons (Fsp3) is 0. The van der Waals surface area contributed by atoms with Crippen LogP contribution in [-0.2, 0) is 17.1 Å². The molecule has 0 saturated heterocycles. The van der Waals surface area contributed by atoms with Gasteiger partial charge in [0.25, 0.3) is 0 Å². The average molecular weight is 635 g/mol. The molecule has 0 saturated carbocycles. The molecule has 0 amide bonds. The van der Waals surface area contributed by atoms with Gasteiger partial charge in [0, 0.05) is 17.1 Å². The van der Waals surface area contributed by atoms with Gasteiger partial charge in [-0.15, -0.1) is 0 Å². The molecule has 0 atom stereocenters. The second-order valence-corrected chi connectivity index (χ2v) is 0. The summed E-state index contributed by atoms with van der Waals surface area (Å²) < 4.78 is 0. The Balaban J connectivity index is 0. The van der Waals surface area contributed by atoms with E-state index in [9.17, 15) is 0 Å². The third-order valence-corrected chi connectivity index (χ3v) is 0. The van der Waals surface area contributed by atoms with Gasteiger partial charge in [0.15, 0.2) is 0 Å². The zero-order valence-corrected chi connectivity index (χ0v) is 14.2. The summed E-state index contributed by atoms with van der Waals surface area (Å²) in [6.07, 6.45) is 0. The molecule has 0 rings (SSSR count). The Kier molecular flexibility index (Phi) is 237. The predicted molar refractivity (Wildman–Crippen MR) is 39.2 cm³/mol. The Labute approximate surface area is 154 Å². The van der Waals surface area contributed by atoms with Crippen molar-refractivity contribution in [1.29, 1.82) is 0 Å². The van der Waals surface area contributed by atoms with Crippen molar-refractivity contribution in [3.8, 4) is 0 Å². The first-order valence-electron chi connectivity index (χ1n) is 0. The number of hydrogen-bond acceptors (Lipinski definition) is 0. The fourth-order valence-corrected chi connectivity index (χ4v) is 0. The van der Waals surface area contributed by atoms with E-state index in [1.165, 1.54) is 0 Å². The van der Waals surface area contributed by atoms with Gasteiger partial charge in [-0.2, -0.15) is 0 Å². The standard InChI is InChI=1S/Bi.Ca.Cu.H2O.Pb.Sr.9H/h;;;1H2;;;;;;;;;;;. The van der Waals surface area contributed by atoms with Crippen molar-refractivity contribution in [3.05, 3.63) is 0 Å². The molecule has 0 fully saturated rings. The molecular weight excluding hydrogens is 623 g/mol. The van der Waals surface area contributed by atoms with E-state index in [1.54, 1.807) is 0 Å². The SMILES string of the molecule is O.[BiH3].[CaH2].[Cu].[PbH2].[SrH2]. The molecule has 6 heteroatoms. The van der Waals surface area contributed by atoms with E-state index in [4.69, 9.17) is 0 Å². The van der Waals surface area contributed by atoms with E-state index in [1.807, 2.05) is 0 Å². The number of hydrogen-bond donors (Lipinski definition) is 0. The summed E-state index contributed by atoms with van der Waals surface area (Å²) in [6.45, 7) is 0. The van der Waals surface area contributed by atoms with E-state index in [2.05, 4.69) is 0 Å². The summed E-state index contributed by atoms with van der Waals surface area (Å²) in [5, 5.41) is 0. The molecule has 0 unspecified atom stereocenters. The normalized spacial score (nSPS) is 0. The van der Waals surface area contributed by atoms with Crippen LogP contribution in [0.2, 0.25) is 0 Å². The second-order valence-electron chi connectivity index (χ2n) is 0. The summed E-state index contributed by atoms with van der Waals surface area (Å²) in [5.74, 6) is 0. The molecule has 0 aliphatic carbocycles. The first kappa shape index (κ1) is 43.9. The second kappa shape index (κ2) is 32.3. The van der Waals surface area contributed by atoms with Crippen molar-refractivity contribution in [1.82, 2.24) is 0 Å². The molecule has 0 bridgehead atoms. The van der Waals surface area contributed by atoms with Gasteiger partial charge in [-0.1, -0.05) is 0 Å². The summed E-state index contributed by atoms with van der Waals surface area (Å²) in [4.78, 5) is 0. The monoisotopic (exact) mass is 635 g/mol. The van der Waals surface area contributed by atoms with E-state index in [-0.39, 0.29) is 159 Å². The minimum atomic E-state index is 0. The van der Waals surface area contributed by atoms with Crippen molar-refractivity contribution in [2.75, 3.05) is 0 Å². The molecule has 0 aliphatic heterocycles. The Bertz CT molecular complexity index is 15.5. The maximum atomic E-state index is 0. The van der Waals surface area contributed by atoms with Crippen LogP contribution < -0.4 is 0 Å². The number of rotatable bonds is 0. The van der Waals surface area contributed by atoms with Crippen LogP contribution in [-0.4, -0.2) is 142 Å². The van der Waals surface area contributed by atoms with Crippen LogP contribution in [0.3, 0.4) is 0 Å². The van der Waals surface area contributed by atoms with Gasteiger partial charge in [-0.25, -0.2) is 0 Å². The summed E-state index contributed by atoms with van der Waals surface area (Å²) in [7, 11) is 0. The molecule has 41 valence electrons. The summed E-state index contributed by atoms with van der Waals surface area (Å²) in [5.41, 5.74) is 0. The van der Waals surface area contributed by atoms with Gasteiger partial charge in [-0.3, -0.25) is 0 Å². The molecule has 0 aromatic carbocycles. The topological polar surface area (TPSA) is 31.5 Å². The summed E-state index contributed by atoms with van der Waals surface area (Å²) in [6, 6.07) is 0. The molecular formula is H11BiCaCuOPbSr. The van der Waals surface area contributed by atoms with Gasteiger partial charge in [0.05, 0.1) is 0 Å². The van der Waals surface area contributed by atoms with Crippen molar-refractivity contribution in [2.45, 2.75) is 0 Å². The van der Waals surface area contributed by atoms with Gasteiger partial charge in [0.2, 0.25) is 0 Å². The Morgan fingerprint density at radius 3 is 1.00 bits per heavy atom. The molecule has 0 heterocycles. The van der Waals surface area contributed by atoms with Gasteiger partial charge < -0.3 is 5.48 Å². The molecule has 2 N–H and O–H groups in total. The fourth-order valence-electron chi connectivity index (χ4n) is 0. The Morgan fingerprint density at radius 1 is 1.00 bits per heavy atom. The molecule has 3 radical (unpaired) electrons. The van der Waals surface area contributed by atoms with Crippen LogP contribution in [0.1, 0.15) is 0 Å². The van der Waals surface area contributed by atoms with Crippen LogP contribution in [0.25, 0.3) is 0 Å². The molecule has 1 nitrogen and oxygen atoms in total. The van der Waals surface area contributed by atoms with Crippen molar-refractivity contribution >= 4 is 137 Å². The van der Waals surface area contributed by atoms with Crippen molar-refractivity contribution in [2.24, 2.45) is 0 Å². The zero-order chi connectivity index (χ0) is 0. The van der Waals surface area contributed by atoms with Gasteiger partial charge in [-0.05, 0) is 0 Å². The predicted octanol–water partition coefficient (Wildman–Crippen LogP) is -4.76. The Hall–Kier alpha value is 5.02. The van der Waals surface area contributed by atoms with Crippen LogP contribution in [0.4, 0.5) is 0 Å². The van der Waals surface area contributed by atoms with E-state index < -0.39 is 0 Å². The molecule has 0 aromatic heterocycles. The van der Waals surface area contributed by atoms with Crippen LogP contribution in [0.5, 0.6) is 0 Å². The zero-order valence-electron chi connectivity index (χ0n) is 2.22. The molecule has 0 aromatic rings. The Morgan fingerprint density at radius 2 is 1.00 bits per heavy atom. The first-order valence-corrected chi connectivity index (χ1v) is 0. The third-order valence-electron chi connectivity index (χ3n) is 0. The quantitative estimate of drug-likeness (QED) is 0.240. The average Bonchev–Trinajstić information content (AvgIpc) is 0. The van der Waals surface area contributed by atoms with E-state index in [0.29, 0.717) is 0 Å². The van der Waals surface area contributed by atoms with Crippen molar-refractivity contribution in [3.63, 3.8) is 0 Å². The maximum absolute atomic E-state index is 0. The van der Waals surface area contributed by atoms with Gasteiger partial charge in [0.1, 0.15) is 0 Å². The summed E-state index contributed by atoms with van der Waals surface area (Å²) >= 11 is 0. The molecule has 0 spiro atoms. The minimum absolute atomic E-state index is 0. The van der Waals surface area contributed by atoms with Crippen LogP contribution in [0.15, 0.2) is 0 Å². The first-order chi connectivity index (χ1) is 0. The van der Waals surface area contributed by atoms with Crippen LogP contribution >= 0.6 is 0 Å². The van der Waals surface area contributed by atoms with E-state index in [0.717, 1.165) is 0 Å². The molecule has 0 aliphatic rings. The van der Waals surface area contributed by atoms with E-state index >= 15 is 0 Å². The van der Waals surface area contributed by atoms with Crippen molar-refractivity contribution < 1.29 is 22.5 Å². The van der Waals surface area contributed by atoms with Crippen LogP contribution in [0, 0.1) is 0 Å². The van der Waals surface area contributed by atoms with Gasteiger partial charge >= 0.3 is 137 Å². The third kappa shape index (κ3) is 23.0. The molecule has 6 heavy (non-hydrogen) atoms.